The molecule has 0 fully saturated rings. The molecule has 3 heteroatoms. The van der Waals surface area contributed by atoms with Gasteiger partial charge in [-0.25, -0.2) is 4.98 Å². The quantitative estimate of drug-likeness (QED) is 0.796. The lowest BCUT2D eigenvalue weighted by Gasteiger charge is -2.06. The Morgan fingerprint density at radius 3 is 3.00 bits per heavy atom. The van der Waals surface area contributed by atoms with Crippen LogP contribution in [-0.4, -0.2) is 9.55 Å². The van der Waals surface area contributed by atoms with Crippen LogP contribution >= 0.6 is 0 Å². The molecule has 0 radical (unpaired) electrons. The molecule has 0 spiro atoms. The molecule has 0 bridgehead atoms. The average molecular weight is 215 g/mol. The topological polar surface area (TPSA) is 43.8 Å². The van der Waals surface area contributed by atoms with Crippen LogP contribution in [0.15, 0.2) is 36.7 Å². The van der Waals surface area contributed by atoms with Gasteiger partial charge in [0.25, 0.3) is 0 Å². The molecular formula is C13H17N3. The summed E-state index contributed by atoms with van der Waals surface area (Å²) < 4.78 is 2.20. The number of nitrogens with two attached hydrogens (primary N) is 1. The summed E-state index contributed by atoms with van der Waals surface area (Å²) in [7, 11) is 0. The number of hydrogen-bond acceptors (Lipinski definition) is 2. The molecule has 2 rings (SSSR count). The summed E-state index contributed by atoms with van der Waals surface area (Å²) in [5.41, 5.74) is 7.78. The Labute approximate surface area is 95.9 Å². The summed E-state index contributed by atoms with van der Waals surface area (Å²) in [5.74, 6) is 1.10. The number of benzene rings is 1. The first-order valence-corrected chi connectivity index (χ1v) is 5.64. The van der Waals surface area contributed by atoms with Crippen LogP contribution in [0.1, 0.15) is 24.7 Å². The van der Waals surface area contributed by atoms with E-state index >= 15 is 0 Å². The fourth-order valence-corrected chi connectivity index (χ4v) is 1.84. The van der Waals surface area contributed by atoms with Crippen molar-refractivity contribution in [3.8, 4) is 0 Å². The van der Waals surface area contributed by atoms with Crippen molar-refractivity contribution in [2.75, 3.05) is 5.73 Å². The standard InChI is InChI=1S/C13H17N3/c1-2-7-16-8-6-15-13(16)10-11-4-3-5-12(14)9-11/h3-6,8-9H,2,7,10,14H2,1H3. The second-order valence-electron chi connectivity index (χ2n) is 3.96. The van der Waals surface area contributed by atoms with Gasteiger partial charge in [-0.3, -0.25) is 0 Å². The van der Waals surface area contributed by atoms with E-state index in [4.69, 9.17) is 5.73 Å². The van der Waals surface area contributed by atoms with Gasteiger partial charge >= 0.3 is 0 Å². The monoisotopic (exact) mass is 215 g/mol. The van der Waals surface area contributed by atoms with Gasteiger partial charge in [0, 0.05) is 31.0 Å². The van der Waals surface area contributed by atoms with E-state index in [1.54, 1.807) is 0 Å². The highest BCUT2D eigenvalue weighted by molar-refractivity contribution is 5.41. The molecular weight excluding hydrogens is 198 g/mol. The third-order valence-electron chi connectivity index (χ3n) is 2.58. The van der Waals surface area contributed by atoms with Crippen molar-refractivity contribution in [1.82, 2.24) is 9.55 Å². The molecule has 84 valence electrons. The maximum atomic E-state index is 5.76. The third-order valence-corrected chi connectivity index (χ3v) is 2.58. The first kappa shape index (κ1) is 10.7. The molecule has 0 aliphatic rings. The number of nitrogens with zero attached hydrogens (tertiary/aromatic N) is 2. The predicted molar refractivity (Wildman–Crippen MR) is 66.2 cm³/mol. The van der Waals surface area contributed by atoms with Gasteiger partial charge in [0.2, 0.25) is 0 Å². The lowest BCUT2D eigenvalue weighted by Crippen LogP contribution is -2.03. The number of nitrogen functional groups attached to an aromatic ring is 1. The van der Waals surface area contributed by atoms with E-state index in [-0.39, 0.29) is 0 Å². The number of anilines is 1. The molecule has 16 heavy (non-hydrogen) atoms. The average Bonchev–Trinajstić information content (AvgIpc) is 2.66. The number of aryl methyl sites for hydroxylation is 1. The second-order valence-corrected chi connectivity index (χ2v) is 3.96. The summed E-state index contributed by atoms with van der Waals surface area (Å²) in [6, 6.07) is 7.98. The molecule has 0 aliphatic heterocycles. The maximum absolute atomic E-state index is 5.76. The predicted octanol–water partition coefficient (Wildman–Crippen LogP) is 2.47. The molecule has 1 aromatic carbocycles. The highest BCUT2D eigenvalue weighted by atomic mass is 15.1. The summed E-state index contributed by atoms with van der Waals surface area (Å²) in [4.78, 5) is 4.38. The van der Waals surface area contributed by atoms with Gasteiger partial charge in [-0.2, -0.15) is 0 Å². The minimum Gasteiger partial charge on any atom is -0.399 e. The number of hydrogen-bond donors (Lipinski definition) is 1. The summed E-state index contributed by atoms with van der Waals surface area (Å²) in [6.45, 7) is 3.20. The van der Waals surface area contributed by atoms with Crippen LogP contribution in [0.3, 0.4) is 0 Å². The number of aromatic nitrogens is 2. The fourth-order valence-electron chi connectivity index (χ4n) is 1.84. The van der Waals surface area contributed by atoms with Crippen molar-refractivity contribution in [2.45, 2.75) is 26.3 Å². The van der Waals surface area contributed by atoms with Crippen molar-refractivity contribution in [1.29, 1.82) is 0 Å². The minimum absolute atomic E-state index is 0.811. The lowest BCUT2D eigenvalue weighted by atomic mass is 10.1. The first-order valence-electron chi connectivity index (χ1n) is 5.64. The molecule has 2 N–H and O–H groups in total. The second kappa shape index (κ2) is 4.84. The van der Waals surface area contributed by atoms with E-state index in [0.29, 0.717) is 0 Å². The van der Waals surface area contributed by atoms with Gasteiger partial charge in [0.15, 0.2) is 0 Å². The van der Waals surface area contributed by atoms with Gasteiger partial charge < -0.3 is 10.3 Å². The van der Waals surface area contributed by atoms with E-state index in [1.807, 2.05) is 30.6 Å². The smallest absolute Gasteiger partial charge is 0.113 e. The number of imidazole rings is 1. The molecule has 0 aliphatic carbocycles. The Morgan fingerprint density at radius 1 is 1.38 bits per heavy atom. The molecule has 0 unspecified atom stereocenters. The molecule has 0 saturated carbocycles. The highest BCUT2D eigenvalue weighted by Gasteiger charge is 2.03. The maximum Gasteiger partial charge on any atom is 0.113 e. The minimum atomic E-state index is 0.811. The van der Waals surface area contributed by atoms with Crippen LogP contribution in [0.2, 0.25) is 0 Å². The molecule has 0 amide bonds. The Kier molecular flexibility index (Phi) is 3.25. The zero-order valence-electron chi connectivity index (χ0n) is 9.56. The third kappa shape index (κ3) is 2.42. The Morgan fingerprint density at radius 2 is 2.25 bits per heavy atom. The largest absolute Gasteiger partial charge is 0.399 e. The Bertz CT molecular complexity index is 460. The normalized spacial score (nSPS) is 10.6. The zero-order valence-corrected chi connectivity index (χ0v) is 9.56. The molecule has 3 nitrogen and oxygen atoms in total. The van der Waals surface area contributed by atoms with Gasteiger partial charge in [0.1, 0.15) is 5.82 Å². The summed E-state index contributed by atoms with van der Waals surface area (Å²) >= 11 is 0. The zero-order chi connectivity index (χ0) is 11.4. The molecule has 1 heterocycles. The molecule has 1 aromatic heterocycles. The molecule has 0 atom stereocenters. The highest BCUT2D eigenvalue weighted by Crippen LogP contribution is 2.11. The van der Waals surface area contributed by atoms with Crippen LogP contribution in [0, 0.1) is 0 Å². The van der Waals surface area contributed by atoms with Crippen molar-refractivity contribution < 1.29 is 0 Å². The van der Waals surface area contributed by atoms with E-state index < -0.39 is 0 Å². The van der Waals surface area contributed by atoms with Crippen LogP contribution in [-0.2, 0) is 13.0 Å². The fraction of sp³-hybridized carbons (Fsp3) is 0.308. The Hall–Kier alpha value is -1.77. The van der Waals surface area contributed by atoms with Crippen molar-refractivity contribution >= 4 is 5.69 Å². The van der Waals surface area contributed by atoms with Crippen LogP contribution in [0.5, 0.6) is 0 Å². The SMILES string of the molecule is CCCn1ccnc1Cc1cccc(N)c1. The first-order chi connectivity index (χ1) is 7.79. The molecule has 2 aromatic rings. The van der Waals surface area contributed by atoms with Crippen molar-refractivity contribution in [2.24, 2.45) is 0 Å². The van der Waals surface area contributed by atoms with Gasteiger partial charge in [-0.05, 0) is 24.1 Å². The van der Waals surface area contributed by atoms with Gasteiger partial charge in [-0.1, -0.05) is 19.1 Å². The van der Waals surface area contributed by atoms with Crippen LogP contribution < -0.4 is 5.73 Å². The van der Waals surface area contributed by atoms with Gasteiger partial charge in [-0.15, -0.1) is 0 Å². The summed E-state index contributed by atoms with van der Waals surface area (Å²) in [5, 5.41) is 0. The van der Waals surface area contributed by atoms with E-state index in [2.05, 4.69) is 22.5 Å². The number of rotatable bonds is 4. The van der Waals surface area contributed by atoms with E-state index in [0.717, 1.165) is 30.9 Å². The van der Waals surface area contributed by atoms with E-state index in [1.165, 1.54) is 5.56 Å². The van der Waals surface area contributed by atoms with E-state index in [9.17, 15) is 0 Å². The lowest BCUT2D eigenvalue weighted by molar-refractivity contribution is 0.647. The molecule has 0 saturated heterocycles. The van der Waals surface area contributed by atoms with Crippen LogP contribution in [0.25, 0.3) is 0 Å². The van der Waals surface area contributed by atoms with Crippen LogP contribution in [0.4, 0.5) is 5.69 Å². The van der Waals surface area contributed by atoms with Crippen molar-refractivity contribution in [3.63, 3.8) is 0 Å². The Balaban J connectivity index is 2.17. The van der Waals surface area contributed by atoms with Crippen molar-refractivity contribution in [3.05, 3.63) is 48.0 Å². The summed E-state index contributed by atoms with van der Waals surface area (Å²) in [6.07, 6.45) is 5.86. The van der Waals surface area contributed by atoms with Gasteiger partial charge in [0.05, 0.1) is 0 Å².